The number of likely N-dealkylation sites (N-methyl/N-ethyl adjacent to an activating group) is 1. The first-order valence-corrected chi connectivity index (χ1v) is 9.37. The molecule has 0 bridgehead atoms. The lowest BCUT2D eigenvalue weighted by atomic mass is 10.2. The molecule has 0 atom stereocenters. The molecule has 2 aromatic heterocycles. The van der Waals surface area contributed by atoms with E-state index >= 15 is 0 Å². The van der Waals surface area contributed by atoms with Crippen LogP contribution in [0.3, 0.4) is 0 Å². The van der Waals surface area contributed by atoms with E-state index in [4.69, 9.17) is 4.74 Å². The Kier molecular flexibility index (Phi) is 5.89. The number of benzene rings is 1. The maximum absolute atomic E-state index is 12.9. The number of fused-ring (bicyclic) bond motifs is 1. The average molecular weight is 417 g/mol. The van der Waals surface area contributed by atoms with Crippen LogP contribution >= 0.6 is 11.5 Å². The van der Waals surface area contributed by atoms with Crippen LogP contribution in [0, 0.1) is 10.1 Å². The molecule has 3 rings (SSSR count). The van der Waals surface area contributed by atoms with Crippen LogP contribution in [0.2, 0.25) is 0 Å². The van der Waals surface area contributed by atoms with Crippen molar-refractivity contribution in [1.29, 1.82) is 0 Å². The summed E-state index contributed by atoms with van der Waals surface area (Å²) in [7, 11) is 5.30. The number of nitrogens with zero attached hydrogens (tertiary/aromatic N) is 4. The van der Waals surface area contributed by atoms with E-state index < -0.39 is 10.8 Å². The Morgan fingerprint density at radius 1 is 1.38 bits per heavy atom. The highest BCUT2D eigenvalue weighted by Gasteiger charge is 2.19. The molecule has 1 amide bonds. The zero-order chi connectivity index (χ0) is 21.1. The van der Waals surface area contributed by atoms with E-state index in [0.717, 1.165) is 11.5 Å². The van der Waals surface area contributed by atoms with Gasteiger partial charge in [-0.2, -0.15) is 4.37 Å². The molecule has 10 nitrogen and oxygen atoms in total. The van der Waals surface area contributed by atoms with Crippen molar-refractivity contribution in [2.45, 2.75) is 0 Å². The lowest BCUT2D eigenvalue weighted by Gasteiger charge is -2.14. The summed E-state index contributed by atoms with van der Waals surface area (Å²) in [5.74, 6) is -0.149. The molecule has 152 valence electrons. The molecule has 0 aliphatic heterocycles. The third kappa shape index (κ3) is 4.58. The van der Waals surface area contributed by atoms with Gasteiger partial charge in [-0.1, -0.05) is 0 Å². The Bertz CT molecular complexity index is 1140. The Morgan fingerprint density at radius 2 is 2.14 bits per heavy atom. The minimum atomic E-state index is -0.529. The third-order valence-electron chi connectivity index (χ3n) is 4.13. The van der Waals surface area contributed by atoms with Gasteiger partial charge in [-0.15, -0.1) is 0 Å². The first-order valence-electron chi connectivity index (χ1n) is 8.59. The predicted molar refractivity (Wildman–Crippen MR) is 110 cm³/mol. The van der Waals surface area contributed by atoms with Crippen LogP contribution in [0.25, 0.3) is 10.1 Å². The van der Waals surface area contributed by atoms with Gasteiger partial charge in [0.15, 0.2) is 5.82 Å². The summed E-state index contributed by atoms with van der Waals surface area (Å²) in [6, 6.07) is 5.59. The van der Waals surface area contributed by atoms with Crippen molar-refractivity contribution in [2.75, 3.05) is 32.6 Å². The number of carbonyl (C=O) groups is 1. The van der Waals surface area contributed by atoms with Gasteiger partial charge in [0.1, 0.15) is 12.4 Å². The third-order valence-corrected chi connectivity index (χ3v) is 4.95. The number of nitro benzene ring substituents is 1. The number of carbonyl (C=O) groups excluding carboxylic acids is 1. The van der Waals surface area contributed by atoms with E-state index in [-0.39, 0.29) is 28.4 Å². The monoisotopic (exact) mass is 417 g/mol. The molecule has 0 saturated heterocycles. The molecular weight excluding hydrogens is 398 g/mol. The second-order valence-corrected chi connectivity index (χ2v) is 7.38. The summed E-state index contributed by atoms with van der Waals surface area (Å²) in [5, 5.41) is 14.2. The van der Waals surface area contributed by atoms with Gasteiger partial charge in [0.2, 0.25) is 0 Å². The van der Waals surface area contributed by atoms with Crippen molar-refractivity contribution < 1.29 is 14.5 Å². The van der Waals surface area contributed by atoms with Crippen LogP contribution in [0.1, 0.15) is 10.4 Å². The van der Waals surface area contributed by atoms with Crippen LogP contribution < -0.4 is 15.6 Å². The molecule has 0 aliphatic rings. The van der Waals surface area contributed by atoms with Gasteiger partial charge in [0.05, 0.1) is 15.2 Å². The molecule has 0 unspecified atom stereocenters. The van der Waals surface area contributed by atoms with Crippen molar-refractivity contribution in [2.24, 2.45) is 7.05 Å². The second-order valence-electron chi connectivity index (χ2n) is 6.58. The summed E-state index contributed by atoms with van der Waals surface area (Å²) >= 11 is 1.12. The molecule has 11 heteroatoms. The number of nitrogens with one attached hydrogen (secondary N) is 1. The highest BCUT2D eigenvalue weighted by atomic mass is 32.1. The fourth-order valence-corrected chi connectivity index (χ4v) is 3.26. The van der Waals surface area contributed by atoms with E-state index in [1.165, 1.54) is 36.0 Å². The molecule has 29 heavy (non-hydrogen) atoms. The van der Waals surface area contributed by atoms with Crippen molar-refractivity contribution in [1.82, 2.24) is 13.8 Å². The molecule has 0 aliphatic carbocycles. The van der Waals surface area contributed by atoms with Gasteiger partial charge in [-0.25, -0.2) is 0 Å². The zero-order valence-corrected chi connectivity index (χ0v) is 16.9. The number of pyridine rings is 1. The predicted octanol–water partition coefficient (Wildman–Crippen LogP) is 2.10. The number of nitro groups is 1. The average Bonchev–Trinajstić information content (AvgIpc) is 3.06. The van der Waals surface area contributed by atoms with Gasteiger partial charge in [-0.05, 0) is 31.7 Å². The fourth-order valence-electron chi connectivity index (χ4n) is 2.55. The molecule has 0 radical (unpaired) electrons. The highest BCUT2D eigenvalue weighted by Crippen LogP contribution is 2.30. The maximum atomic E-state index is 12.9. The van der Waals surface area contributed by atoms with Crippen molar-refractivity contribution in [3.63, 3.8) is 0 Å². The van der Waals surface area contributed by atoms with E-state index in [0.29, 0.717) is 23.2 Å². The lowest BCUT2D eigenvalue weighted by Crippen LogP contribution is -2.24. The molecule has 0 fully saturated rings. The van der Waals surface area contributed by atoms with Crippen LogP contribution in [0.4, 0.5) is 11.5 Å². The van der Waals surface area contributed by atoms with Crippen LogP contribution in [-0.4, -0.2) is 51.9 Å². The maximum Gasteiger partial charge on any atom is 0.270 e. The fraction of sp³-hybridized carbons (Fsp3) is 0.278. The number of ether oxygens (including phenoxy) is 1. The normalized spacial score (nSPS) is 11.0. The van der Waals surface area contributed by atoms with E-state index in [1.807, 2.05) is 19.0 Å². The van der Waals surface area contributed by atoms with Crippen molar-refractivity contribution in [3.05, 3.63) is 56.5 Å². The highest BCUT2D eigenvalue weighted by molar-refractivity contribution is 7.13. The summed E-state index contributed by atoms with van der Waals surface area (Å²) < 4.78 is 11.8. The van der Waals surface area contributed by atoms with E-state index in [2.05, 4.69) is 9.69 Å². The van der Waals surface area contributed by atoms with Gasteiger partial charge in [-0.3, -0.25) is 19.7 Å². The van der Waals surface area contributed by atoms with Crippen LogP contribution in [-0.2, 0) is 7.05 Å². The van der Waals surface area contributed by atoms with Crippen molar-refractivity contribution >= 4 is 39.0 Å². The molecule has 3 aromatic rings. The topological polar surface area (TPSA) is 120 Å². The summed E-state index contributed by atoms with van der Waals surface area (Å²) in [5.41, 5.74) is -0.239. The Labute approximate surface area is 169 Å². The molecule has 0 spiro atoms. The number of hydrogen-bond donors (Lipinski definition) is 1. The number of hydrogen-bond acceptors (Lipinski definition) is 8. The number of amides is 1. The van der Waals surface area contributed by atoms with Gasteiger partial charge in [0, 0.05) is 43.4 Å². The smallest absolute Gasteiger partial charge is 0.270 e. The van der Waals surface area contributed by atoms with E-state index in [1.54, 1.807) is 6.07 Å². The quantitative estimate of drug-likeness (QED) is 0.462. The Morgan fingerprint density at radius 3 is 2.83 bits per heavy atom. The molecule has 1 aromatic carbocycles. The SMILES string of the molecule is CN(C)CCOc1cc(=O)n(C)cc1C(=O)Nc1nsc2ccc([N+](=O)[O-])cc12. The first kappa shape index (κ1) is 20.4. The minimum absolute atomic E-state index is 0.0944. The van der Waals surface area contributed by atoms with Crippen LogP contribution in [0.15, 0.2) is 35.3 Å². The standard InChI is InChI=1S/C18H19N5O5S/c1-21(2)6-7-28-14-9-16(24)22(3)10-13(14)18(25)19-17-12-8-11(23(26)27)4-5-15(12)29-20-17/h4-5,8-10H,6-7H2,1-3H3,(H,19,20,25). The minimum Gasteiger partial charge on any atom is -0.491 e. The summed E-state index contributed by atoms with van der Waals surface area (Å²) in [4.78, 5) is 37.3. The Hall–Kier alpha value is -3.31. The van der Waals surface area contributed by atoms with Crippen LogP contribution in [0.5, 0.6) is 5.75 Å². The largest absolute Gasteiger partial charge is 0.491 e. The number of non-ortho nitro benzene ring substituents is 1. The van der Waals surface area contributed by atoms with E-state index in [9.17, 15) is 19.7 Å². The summed E-state index contributed by atoms with van der Waals surface area (Å²) in [6.45, 7) is 0.906. The lowest BCUT2D eigenvalue weighted by molar-refractivity contribution is -0.384. The van der Waals surface area contributed by atoms with Gasteiger partial charge in [0.25, 0.3) is 17.2 Å². The Balaban J connectivity index is 1.91. The zero-order valence-electron chi connectivity index (χ0n) is 16.0. The molecular formula is C18H19N5O5S. The number of aryl methyl sites for hydroxylation is 1. The second kappa shape index (κ2) is 8.37. The van der Waals surface area contributed by atoms with Gasteiger partial charge < -0.3 is 19.5 Å². The molecule has 1 N–H and O–H groups in total. The van der Waals surface area contributed by atoms with Crippen molar-refractivity contribution in [3.8, 4) is 5.75 Å². The first-order chi connectivity index (χ1) is 13.8. The number of anilines is 1. The number of rotatable bonds is 7. The molecule has 2 heterocycles. The number of aromatic nitrogens is 2. The summed E-state index contributed by atoms with van der Waals surface area (Å²) in [6.07, 6.45) is 1.39. The van der Waals surface area contributed by atoms with Gasteiger partial charge >= 0.3 is 0 Å². The molecule has 0 saturated carbocycles.